The first-order valence-corrected chi connectivity index (χ1v) is 6.07. The van der Waals surface area contributed by atoms with E-state index in [-0.39, 0.29) is 17.8 Å². The second kappa shape index (κ2) is 6.64. The van der Waals surface area contributed by atoms with Gasteiger partial charge in [-0.3, -0.25) is 4.79 Å². The SMILES string of the molecule is C/C(Cn1nnc([N+](=O)[O-])n1)=N/NC(=O)c1ccc(F)cc1F. The highest BCUT2D eigenvalue weighted by Gasteiger charge is 2.16. The van der Waals surface area contributed by atoms with Gasteiger partial charge in [-0.1, -0.05) is 4.80 Å². The minimum atomic E-state index is -1.02. The Morgan fingerprint density at radius 1 is 1.48 bits per heavy atom. The number of nitrogens with zero attached hydrogens (tertiary/aromatic N) is 6. The molecule has 1 heterocycles. The van der Waals surface area contributed by atoms with Gasteiger partial charge in [0.15, 0.2) is 0 Å². The van der Waals surface area contributed by atoms with Crippen LogP contribution in [0.25, 0.3) is 0 Å². The van der Waals surface area contributed by atoms with Gasteiger partial charge in [-0.05, 0) is 24.0 Å². The van der Waals surface area contributed by atoms with Gasteiger partial charge >= 0.3 is 5.95 Å². The quantitative estimate of drug-likeness (QED) is 0.488. The lowest BCUT2D eigenvalue weighted by molar-refractivity contribution is -0.394. The van der Waals surface area contributed by atoms with Gasteiger partial charge in [0.05, 0.1) is 21.5 Å². The van der Waals surface area contributed by atoms with Crippen molar-refractivity contribution in [3.8, 4) is 0 Å². The molecule has 0 spiro atoms. The van der Waals surface area contributed by atoms with E-state index in [4.69, 9.17) is 0 Å². The number of amides is 1. The van der Waals surface area contributed by atoms with Crippen molar-refractivity contribution >= 4 is 17.6 Å². The average Bonchev–Trinajstić information content (AvgIpc) is 2.93. The number of hydrazone groups is 1. The number of carbonyl (C=O) groups excluding carboxylic acids is 1. The zero-order valence-electron chi connectivity index (χ0n) is 11.6. The van der Waals surface area contributed by atoms with Crippen LogP contribution in [0.1, 0.15) is 17.3 Å². The summed E-state index contributed by atoms with van der Waals surface area (Å²) in [5.74, 6) is -3.38. The summed E-state index contributed by atoms with van der Waals surface area (Å²) in [6.07, 6.45) is 0. The second-order valence-corrected chi connectivity index (χ2v) is 4.29. The normalized spacial score (nSPS) is 11.3. The van der Waals surface area contributed by atoms with E-state index in [9.17, 15) is 23.7 Å². The largest absolute Gasteiger partial charge is 0.514 e. The van der Waals surface area contributed by atoms with Gasteiger partial charge in [-0.2, -0.15) is 5.10 Å². The number of benzene rings is 1. The molecule has 0 atom stereocenters. The molecule has 1 amide bonds. The lowest BCUT2D eigenvalue weighted by Gasteiger charge is -2.02. The fraction of sp³-hybridized carbons (Fsp3) is 0.182. The lowest BCUT2D eigenvalue weighted by atomic mass is 10.2. The maximum Gasteiger partial charge on any atom is 0.514 e. The third-order valence-corrected chi connectivity index (χ3v) is 2.50. The first-order chi connectivity index (χ1) is 10.9. The lowest BCUT2D eigenvalue weighted by Crippen LogP contribution is -2.22. The van der Waals surface area contributed by atoms with Crippen LogP contribution in [-0.4, -0.2) is 36.7 Å². The van der Waals surface area contributed by atoms with E-state index in [1.165, 1.54) is 6.92 Å². The van der Waals surface area contributed by atoms with Crippen LogP contribution in [-0.2, 0) is 6.54 Å². The van der Waals surface area contributed by atoms with Crippen LogP contribution in [0.5, 0.6) is 0 Å². The first kappa shape index (κ1) is 16.1. The Bertz CT molecular complexity index is 790. The Balaban J connectivity index is 2.00. The van der Waals surface area contributed by atoms with Gasteiger partial charge in [0, 0.05) is 11.3 Å². The fourth-order valence-electron chi connectivity index (χ4n) is 1.49. The minimum Gasteiger partial charge on any atom is -0.390 e. The highest BCUT2D eigenvalue weighted by Crippen LogP contribution is 2.09. The van der Waals surface area contributed by atoms with Crippen molar-refractivity contribution in [1.82, 2.24) is 25.6 Å². The Morgan fingerprint density at radius 3 is 2.83 bits per heavy atom. The molecule has 0 bridgehead atoms. The molecule has 0 aliphatic carbocycles. The van der Waals surface area contributed by atoms with Gasteiger partial charge in [0.25, 0.3) is 5.91 Å². The summed E-state index contributed by atoms with van der Waals surface area (Å²) in [5, 5.41) is 24.1. The molecule has 10 nitrogen and oxygen atoms in total. The van der Waals surface area contributed by atoms with Crippen molar-refractivity contribution in [1.29, 1.82) is 0 Å². The van der Waals surface area contributed by atoms with E-state index in [1.807, 2.05) is 0 Å². The molecule has 2 aromatic rings. The Labute approximate surface area is 126 Å². The fourth-order valence-corrected chi connectivity index (χ4v) is 1.49. The molecule has 0 radical (unpaired) electrons. The molecule has 12 heteroatoms. The number of tetrazole rings is 1. The smallest absolute Gasteiger partial charge is 0.390 e. The zero-order chi connectivity index (χ0) is 17.0. The molecule has 0 aliphatic heterocycles. The van der Waals surface area contributed by atoms with Crippen molar-refractivity contribution in [2.75, 3.05) is 0 Å². The van der Waals surface area contributed by atoms with E-state index in [1.54, 1.807) is 0 Å². The van der Waals surface area contributed by atoms with Crippen LogP contribution in [0.2, 0.25) is 0 Å². The summed E-state index contributed by atoms with van der Waals surface area (Å²) in [5.41, 5.74) is 1.97. The van der Waals surface area contributed by atoms with Crippen LogP contribution >= 0.6 is 0 Å². The van der Waals surface area contributed by atoms with Gasteiger partial charge in [0.1, 0.15) is 18.2 Å². The van der Waals surface area contributed by atoms with E-state index in [0.717, 1.165) is 16.9 Å². The third kappa shape index (κ3) is 4.09. The summed E-state index contributed by atoms with van der Waals surface area (Å²) in [7, 11) is 0. The summed E-state index contributed by atoms with van der Waals surface area (Å²) in [6.45, 7) is 1.41. The predicted octanol–water partition coefficient (Wildman–Crippen LogP) is 0.665. The van der Waals surface area contributed by atoms with E-state index < -0.39 is 28.4 Å². The van der Waals surface area contributed by atoms with Crippen molar-refractivity contribution in [2.45, 2.75) is 13.5 Å². The Hall–Kier alpha value is -3.31. The van der Waals surface area contributed by atoms with Crippen molar-refractivity contribution in [3.05, 3.63) is 45.5 Å². The van der Waals surface area contributed by atoms with Crippen LogP contribution in [0.4, 0.5) is 14.7 Å². The molecule has 0 fully saturated rings. The minimum absolute atomic E-state index is 0.0764. The summed E-state index contributed by atoms with van der Waals surface area (Å²) >= 11 is 0. The van der Waals surface area contributed by atoms with Crippen molar-refractivity contribution in [2.24, 2.45) is 5.10 Å². The number of halogens is 2. The number of nitro groups is 1. The predicted molar refractivity (Wildman–Crippen MR) is 71.4 cm³/mol. The molecule has 1 aromatic heterocycles. The first-order valence-electron chi connectivity index (χ1n) is 6.07. The number of nitrogens with one attached hydrogen (secondary N) is 1. The number of rotatable bonds is 5. The van der Waals surface area contributed by atoms with E-state index >= 15 is 0 Å². The molecular weight excluding hydrogens is 316 g/mol. The molecule has 0 unspecified atom stereocenters. The van der Waals surface area contributed by atoms with Crippen molar-refractivity contribution in [3.63, 3.8) is 0 Å². The Morgan fingerprint density at radius 2 is 2.22 bits per heavy atom. The molecule has 1 N–H and O–H groups in total. The van der Waals surface area contributed by atoms with Crippen LogP contribution < -0.4 is 5.43 Å². The zero-order valence-corrected chi connectivity index (χ0v) is 11.6. The van der Waals surface area contributed by atoms with Gasteiger partial charge in [0.2, 0.25) is 0 Å². The molecule has 0 saturated carbocycles. The molecule has 1 aromatic carbocycles. The standard InChI is InChI=1S/C11H9F2N7O3/c1-6(5-19-17-11(16-18-19)20(22)23)14-15-10(21)8-3-2-7(12)4-9(8)13/h2-4H,5H2,1H3,(H,15,21)/b14-6-. The van der Waals surface area contributed by atoms with Gasteiger partial charge < -0.3 is 10.1 Å². The molecule has 2 rings (SSSR count). The number of aromatic nitrogens is 4. The van der Waals surface area contributed by atoms with Crippen LogP contribution in [0.15, 0.2) is 23.3 Å². The molecular formula is C11H9F2N7O3. The summed E-state index contributed by atoms with van der Waals surface area (Å²) < 4.78 is 26.2. The second-order valence-electron chi connectivity index (χ2n) is 4.29. The molecule has 0 saturated heterocycles. The Kier molecular flexibility index (Phi) is 4.64. The maximum atomic E-state index is 13.4. The highest BCUT2D eigenvalue weighted by atomic mass is 19.1. The van der Waals surface area contributed by atoms with Crippen LogP contribution in [0.3, 0.4) is 0 Å². The number of hydrogen-bond acceptors (Lipinski definition) is 7. The number of hydrogen-bond donors (Lipinski definition) is 1. The summed E-state index contributed by atoms with van der Waals surface area (Å²) in [4.78, 5) is 22.2. The topological polar surface area (TPSA) is 128 Å². The van der Waals surface area contributed by atoms with E-state index in [0.29, 0.717) is 6.07 Å². The van der Waals surface area contributed by atoms with E-state index in [2.05, 4.69) is 25.9 Å². The number of carbonyl (C=O) groups is 1. The summed E-state index contributed by atoms with van der Waals surface area (Å²) in [6, 6.07) is 2.49. The van der Waals surface area contributed by atoms with Crippen LogP contribution in [0, 0.1) is 21.7 Å². The monoisotopic (exact) mass is 325 g/mol. The maximum absolute atomic E-state index is 13.4. The van der Waals surface area contributed by atoms with Gasteiger partial charge in [-0.25, -0.2) is 14.2 Å². The highest BCUT2D eigenvalue weighted by molar-refractivity contribution is 5.95. The molecule has 0 aliphatic rings. The molecule has 23 heavy (non-hydrogen) atoms. The van der Waals surface area contributed by atoms with Gasteiger partial charge in [-0.15, -0.1) is 0 Å². The molecule has 120 valence electrons. The van der Waals surface area contributed by atoms with Crippen molar-refractivity contribution < 1.29 is 18.5 Å². The third-order valence-electron chi connectivity index (χ3n) is 2.50. The average molecular weight is 325 g/mol.